The van der Waals surface area contributed by atoms with Gasteiger partial charge in [-0.1, -0.05) is 44.0 Å². The first-order valence-electron chi connectivity index (χ1n) is 9.76. The van der Waals surface area contributed by atoms with Crippen LogP contribution in [-0.4, -0.2) is 29.7 Å². The molecule has 1 heterocycles. The highest BCUT2D eigenvalue weighted by atomic mass is 35.5. The van der Waals surface area contributed by atoms with Crippen LogP contribution in [0.1, 0.15) is 51.5 Å². The number of likely N-dealkylation sites (tertiary alicyclic amines) is 1. The van der Waals surface area contributed by atoms with E-state index >= 15 is 0 Å². The molecular weight excluding hydrogens is 360 g/mol. The Bertz CT molecular complexity index is 823. The Morgan fingerprint density at radius 3 is 2.37 bits per heavy atom. The van der Waals surface area contributed by atoms with Gasteiger partial charge in [-0.15, -0.1) is 0 Å². The topological polar surface area (TPSA) is 63.4 Å². The molecule has 1 spiro atoms. The molecule has 2 N–H and O–H groups in total. The summed E-state index contributed by atoms with van der Waals surface area (Å²) in [6, 6.07) is 7.72. The Hall–Kier alpha value is -1.81. The first kappa shape index (κ1) is 18.5. The first-order chi connectivity index (χ1) is 12.7. The molecule has 2 aliphatic carbocycles. The highest BCUT2D eigenvalue weighted by molar-refractivity contribution is 6.30. The Balaban J connectivity index is 1.59. The molecule has 27 heavy (non-hydrogen) atoms. The molecule has 1 saturated heterocycles. The lowest BCUT2D eigenvalue weighted by atomic mass is 9.63. The van der Waals surface area contributed by atoms with E-state index in [4.69, 9.17) is 17.3 Å². The normalized spacial score (nSPS) is 28.8. The van der Waals surface area contributed by atoms with Gasteiger partial charge < -0.3 is 10.6 Å². The molecular formula is C22H27ClN2O2. The summed E-state index contributed by atoms with van der Waals surface area (Å²) in [7, 11) is 0. The monoisotopic (exact) mass is 386 g/mol. The number of rotatable bonds is 2. The number of halogens is 1. The molecule has 1 aliphatic heterocycles. The van der Waals surface area contributed by atoms with E-state index in [1.54, 1.807) is 0 Å². The van der Waals surface area contributed by atoms with E-state index in [2.05, 4.69) is 0 Å². The summed E-state index contributed by atoms with van der Waals surface area (Å²) < 4.78 is 0. The number of ketones is 1. The Morgan fingerprint density at radius 1 is 1.15 bits per heavy atom. The predicted molar refractivity (Wildman–Crippen MR) is 106 cm³/mol. The molecule has 1 saturated carbocycles. The van der Waals surface area contributed by atoms with Gasteiger partial charge in [0.05, 0.1) is 11.1 Å². The van der Waals surface area contributed by atoms with Gasteiger partial charge in [-0.05, 0) is 49.5 Å². The van der Waals surface area contributed by atoms with Crippen molar-refractivity contribution in [1.29, 1.82) is 0 Å². The van der Waals surface area contributed by atoms with E-state index < -0.39 is 10.8 Å². The number of amides is 1. The van der Waals surface area contributed by atoms with Crippen LogP contribution in [0.3, 0.4) is 0 Å². The van der Waals surface area contributed by atoms with Crippen molar-refractivity contribution in [1.82, 2.24) is 4.90 Å². The van der Waals surface area contributed by atoms with Gasteiger partial charge >= 0.3 is 0 Å². The molecule has 144 valence electrons. The average molecular weight is 387 g/mol. The summed E-state index contributed by atoms with van der Waals surface area (Å²) in [6.07, 6.45) is 6.40. The van der Waals surface area contributed by atoms with Gasteiger partial charge in [0.1, 0.15) is 0 Å². The van der Waals surface area contributed by atoms with Crippen LogP contribution < -0.4 is 5.73 Å². The predicted octanol–water partition coefficient (Wildman–Crippen LogP) is 3.82. The van der Waals surface area contributed by atoms with Crippen molar-refractivity contribution >= 4 is 23.3 Å². The fourth-order valence-electron chi connectivity index (χ4n) is 5.36. The maximum atomic E-state index is 13.5. The van der Waals surface area contributed by atoms with Crippen LogP contribution in [0.2, 0.25) is 5.02 Å². The minimum atomic E-state index is -0.470. The van der Waals surface area contributed by atoms with Crippen molar-refractivity contribution in [2.75, 3.05) is 13.1 Å². The van der Waals surface area contributed by atoms with E-state index in [-0.39, 0.29) is 17.1 Å². The number of carbonyl (C=O) groups excluding carboxylic acids is 2. The number of nitrogens with two attached hydrogens (primary N) is 1. The zero-order valence-corrected chi connectivity index (χ0v) is 16.8. The molecule has 1 atom stereocenters. The van der Waals surface area contributed by atoms with Crippen molar-refractivity contribution in [2.24, 2.45) is 16.6 Å². The van der Waals surface area contributed by atoms with E-state index in [1.165, 1.54) is 0 Å². The average Bonchev–Trinajstić information content (AvgIpc) is 2.96. The highest BCUT2D eigenvalue weighted by Gasteiger charge is 2.53. The fraction of sp³-hybridized carbons (Fsp3) is 0.545. The molecule has 0 aromatic heterocycles. The molecule has 0 bridgehead atoms. The Morgan fingerprint density at radius 2 is 1.81 bits per heavy atom. The second-order valence-electron chi connectivity index (χ2n) is 9.27. The van der Waals surface area contributed by atoms with Gasteiger partial charge in [-0.2, -0.15) is 0 Å². The summed E-state index contributed by atoms with van der Waals surface area (Å²) >= 11 is 6.04. The van der Waals surface area contributed by atoms with Gasteiger partial charge in [-0.3, -0.25) is 9.59 Å². The maximum absolute atomic E-state index is 13.5. The number of hydrogen-bond acceptors (Lipinski definition) is 3. The third kappa shape index (κ3) is 2.89. The lowest BCUT2D eigenvalue weighted by Crippen LogP contribution is -2.51. The third-order valence-corrected chi connectivity index (χ3v) is 7.07. The second-order valence-corrected chi connectivity index (χ2v) is 9.71. The lowest BCUT2D eigenvalue weighted by molar-refractivity contribution is -0.140. The molecule has 4 rings (SSSR count). The minimum Gasteiger partial charge on any atom is -0.396 e. The van der Waals surface area contributed by atoms with E-state index in [0.29, 0.717) is 17.3 Å². The molecule has 4 nitrogen and oxygen atoms in total. The first-order valence-corrected chi connectivity index (χ1v) is 10.1. The van der Waals surface area contributed by atoms with Crippen molar-refractivity contribution < 1.29 is 9.59 Å². The summed E-state index contributed by atoms with van der Waals surface area (Å²) in [5.74, 6) is 0.240. The van der Waals surface area contributed by atoms with Gasteiger partial charge in [-0.25, -0.2) is 0 Å². The lowest BCUT2D eigenvalue weighted by Gasteiger charge is -2.44. The quantitative estimate of drug-likeness (QED) is 0.840. The van der Waals surface area contributed by atoms with Crippen molar-refractivity contribution in [3.63, 3.8) is 0 Å². The number of allylic oxidation sites excluding steroid dienone is 1. The zero-order valence-electron chi connectivity index (χ0n) is 16.1. The maximum Gasteiger partial charge on any atom is 0.233 e. The molecule has 0 radical (unpaired) electrons. The largest absolute Gasteiger partial charge is 0.396 e. The van der Waals surface area contributed by atoms with Crippen LogP contribution in [0.15, 0.2) is 36.0 Å². The fourth-order valence-corrected chi connectivity index (χ4v) is 5.48. The molecule has 1 aromatic carbocycles. The molecule has 1 aromatic rings. The number of nitrogens with zero attached hydrogens (tertiary/aromatic N) is 1. The van der Waals surface area contributed by atoms with Gasteiger partial charge in [0.15, 0.2) is 5.78 Å². The molecule has 1 amide bonds. The Kier molecular flexibility index (Phi) is 4.19. The second kappa shape index (κ2) is 6.10. The summed E-state index contributed by atoms with van der Waals surface area (Å²) in [5.41, 5.74) is 6.42. The van der Waals surface area contributed by atoms with Crippen LogP contribution in [0.25, 0.3) is 0 Å². The SMILES string of the molecule is CC1(C)C[C@]2(C=C(N)C1=O)CCN(C(=O)C1(c3ccc(Cl)cc3)CCC1)C2. The number of benzene rings is 1. The standard InChI is InChI=1S/C22H27ClN2O2/c1-20(2)13-21(12-17(24)18(20)26)10-11-25(14-21)19(27)22(8-3-9-22)15-4-6-16(23)7-5-15/h4-7,12H,3,8-11,13-14,24H2,1-2H3/t21-/m1/s1. The smallest absolute Gasteiger partial charge is 0.233 e. The number of carbonyl (C=O) groups is 2. The summed E-state index contributed by atoms with van der Waals surface area (Å²) in [5, 5.41) is 0.690. The third-order valence-electron chi connectivity index (χ3n) is 6.82. The number of Topliss-reactive ketones (excluding diaryl/α,β-unsaturated/α-hetero) is 1. The van der Waals surface area contributed by atoms with Crippen LogP contribution in [0, 0.1) is 10.8 Å². The molecule has 0 unspecified atom stereocenters. The summed E-state index contributed by atoms with van der Waals surface area (Å²) in [6.45, 7) is 5.30. The van der Waals surface area contributed by atoms with Gasteiger partial charge in [0.2, 0.25) is 5.91 Å². The van der Waals surface area contributed by atoms with Gasteiger partial charge in [0.25, 0.3) is 0 Å². The Labute approximate surface area is 165 Å². The van der Waals surface area contributed by atoms with Crippen LogP contribution in [0.4, 0.5) is 0 Å². The van der Waals surface area contributed by atoms with Crippen molar-refractivity contribution in [3.8, 4) is 0 Å². The van der Waals surface area contributed by atoms with E-state index in [0.717, 1.165) is 44.2 Å². The van der Waals surface area contributed by atoms with Crippen LogP contribution in [0.5, 0.6) is 0 Å². The van der Waals surface area contributed by atoms with E-state index in [1.807, 2.05) is 49.1 Å². The zero-order chi connectivity index (χ0) is 19.4. The van der Waals surface area contributed by atoms with Crippen molar-refractivity contribution in [2.45, 2.75) is 51.4 Å². The van der Waals surface area contributed by atoms with Crippen molar-refractivity contribution in [3.05, 3.63) is 46.6 Å². The number of hydrogen-bond donors (Lipinski definition) is 1. The molecule has 2 fully saturated rings. The van der Waals surface area contributed by atoms with Gasteiger partial charge in [0, 0.05) is 28.9 Å². The molecule has 5 heteroatoms. The highest BCUT2D eigenvalue weighted by Crippen LogP contribution is 2.50. The minimum absolute atomic E-state index is 0.0227. The summed E-state index contributed by atoms with van der Waals surface area (Å²) in [4.78, 5) is 27.9. The molecule has 3 aliphatic rings. The van der Waals surface area contributed by atoms with E-state index in [9.17, 15) is 9.59 Å². The van der Waals surface area contributed by atoms with Crippen LogP contribution >= 0.6 is 11.6 Å². The van der Waals surface area contributed by atoms with Crippen LogP contribution in [-0.2, 0) is 15.0 Å².